The van der Waals surface area contributed by atoms with Crippen molar-refractivity contribution in [3.63, 3.8) is 0 Å². The van der Waals surface area contributed by atoms with Gasteiger partial charge in [-0.1, -0.05) is 6.92 Å². The SMILES string of the molecule is CCCOc1nc(NCC(C)(O)CCOC)ccc1N. The molecule has 0 saturated heterocycles. The predicted molar refractivity (Wildman–Crippen MR) is 80.0 cm³/mol. The van der Waals surface area contributed by atoms with E-state index in [1.165, 1.54) is 0 Å². The molecule has 4 N–H and O–H groups in total. The summed E-state index contributed by atoms with van der Waals surface area (Å²) in [6, 6.07) is 3.50. The molecule has 0 aliphatic heterocycles. The third kappa shape index (κ3) is 5.63. The minimum Gasteiger partial charge on any atom is -0.476 e. The van der Waals surface area contributed by atoms with Gasteiger partial charge in [0.15, 0.2) is 0 Å². The van der Waals surface area contributed by atoms with Gasteiger partial charge in [-0.2, -0.15) is 4.98 Å². The molecule has 20 heavy (non-hydrogen) atoms. The van der Waals surface area contributed by atoms with E-state index in [4.69, 9.17) is 15.2 Å². The molecule has 0 aliphatic rings. The maximum absolute atomic E-state index is 10.1. The summed E-state index contributed by atoms with van der Waals surface area (Å²) in [5.41, 5.74) is 5.45. The Labute approximate surface area is 120 Å². The van der Waals surface area contributed by atoms with E-state index in [0.29, 0.717) is 43.6 Å². The Morgan fingerprint density at radius 2 is 2.15 bits per heavy atom. The number of aliphatic hydroxyl groups is 1. The number of anilines is 2. The smallest absolute Gasteiger partial charge is 0.239 e. The number of rotatable bonds is 9. The van der Waals surface area contributed by atoms with Crippen molar-refractivity contribution in [3.05, 3.63) is 12.1 Å². The Morgan fingerprint density at radius 1 is 1.40 bits per heavy atom. The fraction of sp³-hybridized carbons (Fsp3) is 0.643. The molecule has 0 spiro atoms. The highest BCUT2D eigenvalue weighted by Crippen LogP contribution is 2.21. The zero-order valence-corrected chi connectivity index (χ0v) is 12.5. The Morgan fingerprint density at radius 3 is 2.80 bits per heavy atom. The van der Waals surface area contributed by atoms with E-state index < -0.39 is 5.60 Å². The first-order valence-corrected chi connectivity index (χ1v) is 6.83. The van der Waals surface area contributed by atoms with Crippen LogP contribution in [0, 0.1) is 0 Å². The summed E-state index contributed by atoms with van der Waals surface area (Å²) in [4.78, 5) is 4.29. The fourth-order valence-electron chi connectivity index (χ4n) is 1.56. The van der Waals surface area contributed by atoms with E-state index in [2.05, 4.69) is 10.3 Å². The highest BCUT2D eigenvalue weighted by Gasteiger charge is 2.20. The second kappa shape index (κ2) is 7.91. The lowest BCUT2D eigenvalue weighted by molar-refractivity contribution is 0.0357. The maximum atomic E-state index is 10.1. The van der Waals surface area contributed by atoms with Gasteiger partial charge in [-0.15, -0.1) is 0 Å². The minimum absolute atomic E-state index is 0.375. The van der Waals surface area contributed by atoms with E-state index in [0.717, 1.165) is 6.42 Å². The second-order valence-electron chi connectivity index (χ2n) is 5.03. The lowest BCUT2D eigenvalue weighted by atomic mass is 10.0. The van der Waals surface area contributed by atoms with Gasteiger partial charge in [0.05, 0.1) is 17.9 Å². The molecular formula is C14H25N3O3. The van der Waals surface area contributed by atoms with Gasteiger partial charge in [-0.05, 0) is 25.5 Å². The standard InChI is InChI=1S/C14H25N3O3/c1-4-8-20-13-11(15)5-6-12(17-13)16-10-14(2,18)7-9-19-3/h5-6,18H,4,7-10,15H2,1-3H3,(H,16,17). The van der Waals surface area contributed by atoms with Gasteiger partial charge < -0.3 is 25.6 Å². The molecule has 0 fully saturated rings. The molecule has 1 unspecified atom stereocenters. The summed E-state index contributed by atoms with van der Waals surface area (Å²) in [7, 11) is 1.61. The van der Waals surface area contributed by atoms with Crippen molar-refractivity contribution in [3.8, 4) is 5.88 Å². The number of nitrogen functional groups attached to an aromatic ring is 1. The van der Waals surface area contributed by atoms with Gasteiger partial charge in [0.1, 0.15) is 5.82 Å². The number of pyridine rings is 1. The third-order valence-corrected chi connectivity index (χ3v) is 2.83. The number of hydrogen-bond acceptors (Lipinski definition) is 6. The number of ether oxygens (including phenoxy) is 2. The highest BCUT2D eigenvalue weighted by atomic mass is 16.5. The molecule has 0 aliphatic carbocycles. The van der Waals surface area contributed by atoms with Crippen LogP contribution in [0.5, 0.6) is 5.88 Å². The molecule has 0 bridgehead atoms. The van der Waals surface area contributed by atoms with Crippen LogP contribution in [0.4, 0.5) is 11.5 Å². The average Bonchev–Trinajstić information content (AvgIpc) is 2.43. The topological polar surface area (TPSA) is 89.6 Å². The molecule has 1 heterocycles. The van der Waals surface area contributed by atoms with Crippen LogP contribution in [0.1, 0.15) is 26.7 Å². The van der Waals surface area contributed by atoms with Crippen LogP contribution in [0.2, 0.25) is 0 Å². The van der Waals surface area contributed by atoms with E-state index >= 15 is 0 Å². The molecule has 1 aromatic heterocycles. The zero-order chi connectivity index (χ0) is 15.0. The summed E-state index contributed by atoms with van der Waals surface area (Å²) >= 11 is 0. The van der Waals surface area contributed by atoms with Gasteiger partial charge in [0.2, 0.25) is 5.88 Å². The Hall–Kier alpha value is -1.53. The van der Waals surface area contributed by atoms with Crippen molar-refractivity contribution in [1.82, 2.24) is 4.98 Å². The van der Waals surface area contributed by atoms with E-state index in [9.17, 15) is 5.11 Å². The largest absolute Gasteiger partial charge is 0.476 e. The van der Waals surface area contributed by atoms with Gasteiger partial charge in [0.25, 0.3) is 0 Å². The van der Waals surface area contributed by atoms with E-state index in [1.807, 2.05) is 6.92 Å². The van der Waals surface area contributed by atoms with Gasteiger partial charge in [-0.25, -0.2) is 0 Å². The van der Waals surface area contributed by atoms with Crippen LogP contribution in [0.25, 0.3) is 0 Å². The summed E-state index contributed by atoms with van der Waals surface area (Å²) in [5, 5.41) is 13.2. The van der Waals surface area contributed by atoms with Crippen molar-refractivity contribution in [2.45, 2.75) is 32.3 Å². The first kappa shape index (κ1) is 16.5. The lowest BCUT2D eigenvalue weighted by Crippen LogP contribution is -2.34. The third-order valence-electron chi connectivity index (χ3n) is 2.83. The zero-order valence-electron chi connectivity index (χ0n) is 12.5. The van der Waals surface area contributed by atoms with Crippen molar-refractivity contribution < 1.29 is 14.6 Å². The first-order chi connectivity index (χ1) is 9.48. The molecule has 6 nitrogen and oxygen atoms in total. The monoisotopic (exact) mass is 283 g/mol. The average molecular weight is 283 g/mol. The molecule has 0 saturated carbocycles. The number of nitrogens with two attached hydrogens (primary N) is 1. The lowest BCUT2D eigenvalue weighted by Gasteiger charge is -2.23. The summed E-state index contributed by atoms with van der Waals surface area (Å²) in [6.07, 6.45) is 1.44. The number of aromatic nitrogens is 1. The molecule has 1 atom stereocenters. The summed E-state index contributed by atoms with van der Waals surface area (Å²) in [6.45, 7) is 5.23. The molecular weight excluding hydrogens is 258 g/mol. The van der Waals surface area contributed by atoms with Crippen molar-refractivity contribution >= 4 is 11.5 Å². The van der Waals surface area contributed by atoms with Crippen molar-refractivity contribution in [2.24, 2.45) is 0 Å². The predicted octanol–water partition coefficient (Wildman–Crippen LogP) is 1.65. The maximum Gasteiger partial charge on any atom is 0.239 e. The van der Waals surface area contributed by atoms with Gasteiger partial charge in [0, 0.05) is 26.7 Å². The van der Waals surface area contributed by atoms with Crippen LogP contribution in [0.3, 0.4) is 0 Å². The number of hydrogen-bond donors (Lipinski definition) is 3. The van der Waals surface area contributed by atoms with Crippen LogP contribution in [0.15, 0.2) is 12.1 Å². The number of nitrogens with one attached hydrogen (secondary N) is 1. The molecule has 1 rings (SSSR count). The Balaban J connectivity index is 2.59. The van der Waals surface area contributed by atoms with E-state index in [-0.39, 0.29) is 0 Å². The molecule has 0 amide bonds. The van der Waals surface area contributed by atoms with Crippen LogP contribution in [-0.4, -0.2) is 42.6 Å². The van der Waals surface area contributed by atoms with Crippen LogP contribution in [-0.2, 0) is 4.74 Å². The van der Waals surface area contributed by atoms with E-state index in [1.54, 1.807) is 26.2 Å². The molecule has 114 valence electrons. The van der Waals surface area contributed by atoms with Crippen molar-refractivity contribution in [1.29, 1.82) is 0 Å². The summed E-state index contributed by atoms with van der Waals surface area (Å²) < 4.78 is 10.4. The van der Waals surface area contributed by atoms with Gasteiger partial charge >= 0.3 is 0 Å². The highest BCUT2D eigenvalue weighted by molar-refractivity contribution is 5.53. The number of nitrogens with zero attached hydrogens (tertiary/aromatic N) is 1. The molecule has 0 aromatic carbocycles. The molecule has 0 radical (unpaired) electrons. The molecule has 1 aromatic rings. The summed E-state index contributed by atoms with van der Waals surface area (Å²) in [5.74, 6) is 1.05. The quantitative estimate of drug-likeness (QED) is 0.638. The number of methoxy groups -OCH3 is 1. The molecule has 6 heteroatoms. The van der Waals surface area contributed by atoms with Crippen molar-refractivity contribution in [2.75, 3.05) is 37.9 Å². The van der Waals surface area contributed by atoms with Crippen LogP contribution >= 0.6 is 0 Å². The Bertz CT molecular complexity index is 411. The normalized spacial score (nSPS) is 13.8. The minimum atomic E-state index is -0.858. The van der Waals surface area contributed by atoms with Gasteiger partial charge in [-0.3, -0.25) is 0 Å². The Kier molecular flexibility index (Phi) is 6.54. The fourth-order valence-corrected chi connectivity index (χ4v) is 1.56. The first-order valence-electron chi connectivity index (χ1n) is 6.83. The second-order valence-corrected chi connectivity index (χ2v) is 5.03. The van der Waals surface area contributed by atoms with Crippen LogP contribution < -0.4 is 15.8 Å².